The first kappa shape index (κ1) is 16.3. The largest absolute Gasteiger partial charge is 0.371 e. The molecular weight excluding hydrogens is 263 g/mol. The minimum Gasteiger partial charge on any atom is -0.371 e. The van der Waals surface area contributed by atoms with Gasteiger partial charge in [0.15, 0.2) is 0 Å². The van der Waals surface area contributed by atoms with Crippen molar-refractivity contribution in [1.29, 1.82) is 0 Å². The second-order valence-electron chi connectivity index (χ2n) is 6.43. The summed E-state index contributed by atoms with van der Waals surface area (Å²) in [5, 5.41) is 3.25. The molecule has 0 spiro atoms. The molecule has 0 radical (unpaired) electrons. The molecule has 3 heteroatoms. The van der Waals surface area contributed by atoms with Crippen LogP contribution in [-0.4, -0.2) is 20.1 Å². The summed E-state index contributed by atoms with van der Waals surface area (Å²) >= 11 is 0. The van der Waals surface area contributed by atoms with Crippen molar-refractivity contribution < 1.29 is 4.39 Å². The van der Waals surface area contributed by atoms with Crippen LogP contribution in [0.4, 0.5) is 10.1 Å². The van der Waals surface area contributed by atoms with Crippen molar-refractivity contribution in [2.24, 2.45) is 0 Å². The number of nitrogens with zero attached hydrogens (tertiary/aromatic N) is 1. The van der Waals surface area contributed by atoms with Crippen LogP contribution in [0.25, 0.3) is 0 Å². The van der Waals surface area contributed by atoms with Crippen molar-refractivity contribution in [1.82, 2.24) is 5.32 Å². The first-order valence-electron chi connectivity index (χ1n) is 8.24. The van der Waals surface area contributed by atoms with Crippen LogP contribution in [0, 0.1) is 12.7 Å². The molecule has 1 aliphatic carbocycles. The maximum atomic E-state index is 14.0. The Morgan fingerprint density at radius 1 is 1.19 bits per heavy atom. The van der Waals surface area contributed by atoms with E-state index in [0.717, 1.165) is 11.1 Å². The number of benzene rings is 1. The van der Waals surface area contributed by atoms with Crippen molar-refractivity contribution in [2.45, 2.75) is 64.5 Å². The fraction of sp³-hybridized carbons (Fsp3) is 0.667. The van der Waals surface area contributed by atoms with Gasteiger partial charge in [0.05, 0.1) is 0 Å². The number of rotatable bonds is 4. The summed E-state index contributed by atoms with van der Waals surface area (Å²) in [4.78, 5) is 2.39. The minimum atomic E-state index is -0.106. The molecule has 1 unspecified atom stereocenters. The zero-order valence-electron chi connectivity index (χ0n) is 13.9. The predicted molar refractivity (Wildman–Crippen MR) is 88.5 cm³/mol. The van der Waals surface area contributed by atoms with E-state index in [9.17, 15) is 4.39 Å². The van der Waals surface area contributed by atoms with Crippen LogP contribution in [0.1, 0.15) is 62.6 Å². The molecule has 1 atom stereocenters. The normalized spacial score (nSPS) is 18.3. The van der Waals surface area contributed by atoms with Gasteiger partial charge in [-0.05, 0) is 57.0 Å². The van der Waals surface area contributed by atoms with Crippen LogP contribution < -0.4 is 10.2 Å². The van der Waals surface area contributed by atoms with Gasteiger partial charge in [-0.1, -0.05) is 25.7 Å². The highest BCUT2D eigenvalue weighted by atomic mass is 19.1. The van der Waals surface area contributed by atoms with Crippen molar-refractivity contribution in [3.63, 3.8) is 0 Å². The molecule has 2 rings (SSSR count). The van der Waals surface area contributed by atoms with Gasteiger partial charge in [0.2, 0.25) is 0 Å². The fourth-order valence-corrected chi connectivity index (χ4v) is 3.33. The molecular formula is C18H29FN2. The molecule has 1 saturated carbocycles. The molecule has 1 aromatic carbocycles. The molecule has 0 aliphatic heterocycles. The molecule has 1 fully saturated rings. The van der Waals surface area contributed by atoms with Crippen LogP contribution in [0.15, 0.2) is 12.1 Å². The highest BCUT2D eigenvalue weighted by Gasteiger charge is 2.22. The van der Waals surface area contributed by atoms with E-state index in [2.05, 4.69) is 24.2 Å². The maximum absolute atomic E-state index is 14.0. The van der Waals surface area contributed by atoms with Crippen molar-refractivity contribution in [3.8, 4) is 0 Å². The van der Waals surface area contributed by atoms with E-state index < -0.39 is 0 Å². The number of hydrogen-bond donors (Lipinski definition) is 1. The number of halogens is 1. The SMILES string of the molecule is CNC(C)c1cc(F)c(C)cc1N(C)C1CCCCCC1. The van der Waals surface area contributed by atoms with Gasteiger partial charge in [0, 0.05) is 24.8 Å². The molecule has 0 heterocycles. The third-order valence-electron chi connectivity index (χ3n) is 4.96. The van der Waals surface area contributed by atoms with E-state index in [1.54, 1.807) is 6.07 Å². The number of nitrogens with one attached hydrogen (secondary N) is 1. The van der Waals surface area contributed by atoms with E-state index in [1.165, 1.54) is 44.2 Å². The van der Waals surface area contributed by atoms with E-state index in [4.69, 9.17) is 0 Å². The Kier molecular flexibility index (Phi) is 5.63. The van der Waals surface area contributed by atoms with Crippen LogP contribution in [0.5, 0.6) is 0 Å². The van der Waals surface area contributed by atoms with E-state index in [1.807, 2.05) is 20.0 Å². The van der Waals surface area contributed by atoms with Gasteiger partial charge in [-0.3, -0.25) is 0 Å². The molecule has 1 N–H and O–H groups in total. The van der Waals surface area contributed by atoms with Gasteiger partial charge in [-0.15, -0.1) is 0 Å². The topological polar surface area (TPSA) is 15.3 Å². The summed E-state index contributed by atoms with van der Waals surface area (Å²) in [5.74, 6) is -0.106. The zero-order chi connectivity index (χ0) is 15.4. The average Bonchev–Trinajstić information content (AvgIpc) is 2.77. The van der Waals surface area contributed by atoms with Crippen molar-refractivity contribution >= 4 is 5.69 Å². The summed E-state index contributed by atoms with van der Waals surface area (Å²) in [7, 11) is 4.10. The monoisotopic (exact) mass is 292 g/mol. The van der Waals surface area contributed by atoms with Gasteiger partial charge in [-0.25, -0.2) is 4.39 Å². The van der Waals surface area contributed by atoms with Gasteiger partial charge in [-0.2, -0.15) is 0 Å². The molecule has 0 aromatic heterocycles. The lowest BCUT2D eigenvalue weighted by Crippen LogP contribution is -2.32. The van der Waals surface area contributed by atoms with E-state index in [0.29, 0.717) is 6.04 Å². The summed E-state index contributed by atoms with van der Waals surface area (Å²) in [6, 6.07) is 4.46. The number of anilines is 1. The first-order valence-corrected chi connectivity index (χ1v) is 8.24. The molecule has 1 aliphatic rings. The van der Waals surface area contributed by atoms with Crippen LogP contribution >= 0.6 is 0 Å². The van der Waals surface area contributed by atoms with Crippen LogP contribution in [-0.2, 0) is 0 Å². The van der Waals surface area contributed by atoms with Crippen molar-refractivity contribution in [3.05, 3.63) is 29.1 Å². The number of hydrogen-bond acceptors (Lipinski definition) is 2. The van der Waals surface area contributed by atoms with E-state index >= 15 is 0 Å². The summed E-state index contributed by atoms with van der Waals surface area (Å²) < 4.78 is 14.0. The Morgan fingerprint density at radius 3 is 2.38 bits per heavy atom. The van der Waals surface area contributed by atoms with Crippen LogP contribution in [0.2, 0.25) is 0 Å². The lowest BCUT2D eigenvalue weighted by Gasteiger charge is -2.32. The van der Waals surface area contributed by atoms with Gasteiger partial charge in [0.1, 0.15) is 5.82 Å². The third-order valence-corrected chi connectivity index (χ3v) is 4.96. The zero-order valence-corrected chi connectivity index (χ0v) is 13.9. The Morgan fingerprint density at radius 2 is 1.81 bits per heavy atom. The van der Waals surface area contributed by atoms with Gasteiger partial charge in [0.25, 0.3) is 0 Å². The molecule has 21 heavy (non-hydrogen) atoms. The summed E-state index contributed by atoms with van der Waals surface area (Å²) in [5.41, 5.74) is 2.98. The van der Waals surface area contributed by atoms with Gasteiger partial charge < -0.3 is 10.2 Å². The molecule has 0 saturated heterocycles. The first-order chi connectivity index (χ1) is 10.0. The lowest BCUT2D eigenvalue weighted by atomic mass is 9.99. The average molecular weight is 292 g/mol. The molecule has 0 bridgehead atoms. The summed E-state index contributed by atoms with van der Waals surface area (Å²) in [6.07, 6.45) is 7.83. The maximum Gasteiger partial charge on any atom is 0.126 e. The highest BCUT2D eigenvalue weighted by molar-refractivity contribution is 5.57. The van der Waals surface area contributed by atoms with Gasteiger partial charge >= 0.3 is 0 Å². The predicted octanol–water partition coefficient (Wildman–Crippen LogP) is 4.57. The number of aryl methyl sites for hydroxylation is 1. The Hall–Kier alpha value is -1.09. The van der Waals surface area contributed by atoms with E-state index in [-0.39, 0.29) is 11.9 Å². The molecule has 1 aromatic rings. The Labute approximate surface area is 128 Å². The Balaban J connectivity index is 2.33. The lowest BCUT2D eigenvalue weighted by molar-refractivity contribution is 0.545. The molecule has 118 valence electrons. The molecule has 0 amide bonds. The standard InChI is InChI=1S/C18H29FN2/c1-13-11-18(16(12-17(13)19)14(2)20-3)21(4)15-9-7-5-6-8-10-15/h11-12,14-15,20H,5-10H2,1-4H3. The smallest absolute Gasteiger partial charge is 0.126 e. The summed E-state index contributed by atoms with van der Waals surface area (Å²) in [6.45, 7) is 3.95. The third kappa shape index (κ3) is 3.76. The molecule has 2 nitrogen and oxygen atoms in total. The fourth-order valence-electron chi connectivity index (χ4n) is 3.33. The van der Waals surface area contributed by atoms with Crippen molar-refractivity contribution in [2.75, 3.05) is 19.0 Å². The minimum absolute atomic E-state index is 0.106. The van der Waals surface area contributed by atoms with Crippen LogP contribution in [0.3, 0.4) is 0 Å². The quantitative estimate of drug-likeness (QED) is 0.818. The Bertz CT molecular complexity index is 465. The highest BCUT2D eigenvalue weighted by Crippen LogP contribution is 2.32. The second kappa shape index (κ2) is 7.26. The second-order valence-corrected chi connectivity index (χ2v) is 6.43.